The minimum absolute atomic E-state index is 0.0337. The lowest BCUT2D eigenvalue weighted by Crippen LogP contribution is -2.50. The van der Waals surface area contributed by atoms with Crippen LogP contribution >= 0.6 is 23.2 Å². The number of nitrogens with one attached hydrogen (secondary N) is 1. The molecular weight excluding hydrogens is 467 g/mol. The average Bonchev–Trinajstić information content (AvgIpc) is 3.16. The van der Waals surface area contributed by atoms with Crippen molar-refractivity contribution in [3.05, 3.63) is 68.3 Å². The lowest BCUT2D eigenvalue weighted by atomic mass is 10.1. The number of carbonyl (C=O) groups is 1. The van der Waals surface area contributed by atoms with E-state index in [1.807, 2.05) is 0 Å². The average molecular weight is 483 g/mol. The number of carbonyl (C=O) groups excluding carboxylic acids is 1. The first-order valence-corrected chi connectivity index (χ1v) is 11.4. The van der Waals surface area contributed by atoms with Crippen molar-refractivity contribution in [3.8, 4) is 0 Å². The maximum Gasteiger partial charge on any atom is 0.270 e. The number of piperazine rings is 1. The molecule has 0 saturated carbocycles. The van der Waals surface area contributed by atoms with Gasteiger partial charge in [-0.2, -0.15) is 4.31 Å². The molecular formula is C19H16Cl2N4O5S. The van der Waals surface area contributed by atoms with E-state index in [0.29, 0.717) is 16.5 Å². The zero-order valence-electron chi connectivity index (χ0n) is 15.9. The molecule has 1 fully saturated rings. The van der Waals surface area contributed by atoms with Crippen LogP contribution in [0.15, 0.2) is 47.5 Å². The van der Waals surface area contributed by atoms with E-state index in [1.54, 1.807) is 12.1 Å². The van der Waals surface area contributed by atoms with Crippen LogP contribution in [0.1, 0.15) is 10.4 Å². The smallest absolute Gasteiger partial charge is 0.270 e. The van der Waals surface area contributed by atoms with Crippen molar-refractivity contribution in [2.24, 2.45) is 0 Å². The van der Waals surface area contributed by atoms with Crippen LogP contribution in [0.3, 0.4) is 0 Å². The van der Waals surface area contributed by atoms with Crippen molar-refractivity contribution in [3.63, 3.8) is 0 Å². The second-order valence-corrected chi connectivity index (χ2v) is 9.63. The first-order chi connectivity index (χ1) is 14.7. The SMILES string of the molecule is O=C(c1c[nH]c2ccc([N+](=O)[O-])cc12)N1CCN(S(=O)(=O)c2c(Cl)cccc2Cl)CC1. The topological polar surface area (TPSA) is 117 Å². The zero-order valence-corrected chi connectivity index (χ0v) is 18.2. The van der Waals surface area contributed by atoms with Crippen LogP contribution in [0.2, 0.25) is 10.0 Å². The van der Waals surface area contributed by atoms with Gasteiger partial charge in [-0.15, -0.1) is 0 Å². The number of H-pyrrole nitrogens is 1. The summed E-state index contributed by atoms with van der Waals surface area (Å²) in [6, 6.07) is 8.72. The molecule has 2 aromatic carbocycles. The summed E-state index contributed by atoms with van der Waals surface area (Å²) in [6.07, 6.45) is 1.50. The molecule has 1 N–H and O–H groups in total. The third-order valence-electron chi connectivity index (χ3n) is 5.15. The predicted molar refractivity (Wildman–Crippen MR) is 116 cm³/mol. The van der Waals surface area contributed by atoms with Crippen LogP contribution in [-0.2, 0) is 10.0 Å². The van der Waals surface area contributed by atoms with Gasteiger partial charge in [0.25, 0.3) is 11.6 Å². The molecule has 0 bridgehead atoms. The molecule has 4 rings (SSSR count). The van der Waals surface area contributed by atoms with Gasteiger partial charge in [0.15, 0.2) is 0 Å². The number of fused-ring (bicyclic) bond motifs is 1. The number of benzene rings is 2. The summed E-state index contributed by atoms with van der Waals surface area (Å²) < 4.78 is 27.2. The number of hydrogen-bond acceptors (Lipinski definition) is 5. The van der Waals surface area contributed by atoms with Crippen molar-refractivity contribution in [2.75, 3.05) is 26.2 Å². The van der Waals surface area contributed by atoms with Crippen molar-refractivity contribution in [2.45, 2.75) is 4.90 Å². The summed E-state index contributed by atoms with van der Waals surface area (Å²) in [5.74, 6) is -0.334. The van der Waals surface area contributed by atoms with E-state index in [4.69, 9.17) is 23.2 Å². The molecule has 0 aliphatic carbocycles. The van der Waals surface area contributed by atoms with Gasteiger partial charge in [0.05, 0.1) is 20.5 Å². The van der Waals surface area contributed by atoms with Gasteiger partial charge >= 0.3 is 0 Å². The molecule has 0 unspecified atom stereocenters. The van der Waals surface area contributed by atoms with E-state index >= 15 is 0 Å². The van der Waals surface area contributed by atoms with Crippen LogP contribution in [-0.4, -0.2) is 59.6 Å². The molecule has 31 heavy (non-hydrogen) atoms. The molecule has 3 aromatic rings. The molecule has 2 heterocycles. The van der Waals surface area contributed by atoms with E-state index in [-0.39, 0.29) is 52.7 Å². The molecule has 0 radical (unpaired) electrons. The Morgan fingerprint density at radius 3 is 2.32 bits per heavy atom. The van der Waals surface area contributed by atoms with Crippen molar-refractivity contribution in [1.29, 1.82) is 0 Å². The van der Waals surface area contributed by atoms with Crippen LogP contribution in [0.25, 0.3) is 10.9 Å². The molecule has 1 aliphatic rings. The van der Waals surface area contributed by atoms with Gasteiger partial charge in [0.2, 0.25) is 10.0 Å². The Bertz CT molecular complexity index is 1280. The minimum atomic E-state index is -3.93. The predicted octanol–water partition coefficient (Wildman–Crippen LogP) is 3.53. The summed E-state index contributed by atoms with van der Waals surface area (Å²) in [5.41, 5.74) is 0.779. The quantitative estimate of drug-likeness (QED) is 0.450. The first-order valence-electron chi connectivity index (χ1n) is 9.19. The standard InChI is InChI=1S/C19H16Cl2N4O5S/c20-15-2-1-3-16(21)18(15)31(29,30)24-8-6-23(7-9-24)19(26)14-11-22-17-5-4-12(25(27)28)10-13(14)17/h1-5,10-11,22H,6-9H2. The Morgan fingerprint density at radius 2 is 1.71 bits per heavy atom. The highest BCUT2D eigenvalue weighted by molar-refractivity contribution is 7.89. The fourth-order valence-corrected chi connectivity index (χ4v) is 6.07. The van der Waals surface area contributed by atoms with Gasteiger partial charge in [-0.3, -0.25) is 14.9 Å². The molecule has 1 saturated heterocycles. The summed E-state index contributed by atoms with van der Waals surface area (Å²) in [6.45, 7) is 0.444. The van der Waals surface area contributed by atoms with E-state index in [9.17, 15) is 23.3 Å². The lowest BCUT2D eigenvalue weighted by molar-refractivity contribution is -0.384. The number of hydrogen-bond donors (Lipinski definition) is 1. The monoisotopic (exact) mass is 482 g/mol. The number of rotatable bonds is 4. The van der Waals surface area contributed by atoms with Crippen molar-refractivity contribution >= 4 is 55.7 Å². The Hall–Kier alpha value is -2.66. The van der Waals surface area contributed by atoms with Crippen LogP contribution in [0.5, 0.6) is 0 Å². The number of aromatic nitrogens is 1. The highest BCUT2D eigenvalue weighted by atomic mass is 35.5. The summed E-state index contributed by atoms with van der Waals surface area (Å²) in [5, 5.41) is 11.6. The van der Waals surface area contributed by atoms with E-state index in [2.05, 4.69) is 4.98 Å². The normalized spacial score (nSPS) is 15.4. The maximum atomic E-state index is 13.0. The van der Waals surface area contributed by atoms with Gasteiger partial charge < -0.3 is 9.88 Å². The van der Waals surface area contributed by atoms with Crippen LogP contribution < -0.4 is 0 Å². The summed E-state index contributed by atoms with van der Waals surface area (Å²) >= 11 is 12.1. The molecule has 1 aromatic heterocycles. The number of non-ortho nitro benzene ring substituents is 1. The zero-order chi connectivity index (χ0) is 22.3. The minimum Gasteiger partial charge on any atom is -0.360 e. The van der Waals surface area contributed by atoms with Crippen LogP contribution in [0.4, 0.5) is 5.69 Å². The summed E-state index contributed by atoms with van der Waals surface area (Å²) in [4.78, 5) is 27.9. The van der Waals surface area contributed by atoms with Gasteiger partial charge in [0.1, 0.15) is 4.90 Å². The summed E-state index contributed by atoms with van der Waals surface area (Å²) in [7, 11) is -3.93. The third-order valence-corrected chi connectivity index (χ3v) is 8.00. The second kappa shape index (κ2) is 8.12. The molecule has 1 amide bonds. The number of halogens is 2. The van der Waals surface area contributed by atoms with E-state index in [0.717, 1.165) is 0 Å². The molecule has 0 atom stereocenters. The van der Waals surface area contributed by atoms with E-state index in [1.165, 1.54) is 39.7 Å². The first kappa shape index (κ1) is 21.6. The molecule has 1 aliphatic heterocycles. The largest absolute Gasteiger partial charge is 0.360 e. The van der Waals surface area contributed by atoms with Gasteiger partial charge in [0, 0.05) is 55.4 Å². The highest BCUT2D eigenvalue weighted by Gasteiger charge is 2.33. The van der Waals surface area contributed by atoms with Crippen molar-refractivity contribution < 1.29 is 18.1 Å². The lowest BCUT2D eigenvalue weighted by Gasteiger charge is -2.34. The van der Waals surface area contributed by atoms with Gasteiger partial charge in [-0.1, -0.05) is 29.3 Å². The van der Waals surface area contributed by atoms with Crippen molar-refractivity contribution in [1.82, 2.24) is 14.2 Å². The third kappa shape index (κ3) is 3.87. The molecule has 9 nitrogen and oxygen atoms in total. The Balaban J connectivity index is 1.54. The molecule has 162 valence electrons. The Morgan fingerprint density at radius 1 is 1.06 bits per heavy atom. The fraction of sp³-hybridized carbons (Fsp3) is 0.211. The van der Waals surface area contributed by atoms with Crippen LogP contribution in [0, 0.1) is 10.1 Å². The second-order valence-electron chi connectivity index (χ2n) is 6.94. The number of nitro benzene ring substituents is 1. The number of aromatic amines is 1. The number of nitro groups is 1. The number of sulfonamides is 1. The molecule has 12 heteroatoms. The van der Waals surface area contributed by atoms with E-state index < -0.39 is 14.9 Å². The fourth-order valence-electron chi connectivity index (χ4n) is 3.56. The van der Waals surface area contributed by atoms with Gasteiger partial charge in [-0.25, -0.2) is 8.42 Å². The maximum absolute atomic E-state index is 13.0. The Labute approximate surface area is 187 Å². The highest BCUT2D eigenvalue weighted by Crippen LogP contribution is 2.32. The molecule has 0 spiro atoms. The Kier molecular flexibility index (Phi) is 5.65. The number of amides is 1. The van der Waals surface area contributed by atoms with Gasteiger partial charge in [-0.05, 0) is 18.2 Å². The number of nitrogens with zero attached hydrogens (tertiary/aromatic N) is 3.